The zero-order valence-electron chi connectivity index (χ0n) is 21.5. The monoisotopic (exact) mass is 503 g/mol. The number of aromatic nitrogens is 3. The largest absolute Gasteiger partial charge is 0.439 e. The molecule has 4 heterocycles. The smallest absolute Gasteiger partial charge is 0.215 e. The van der Waals surface area contributed by atoms with Crippen molar-refractivity contribution in [3.05, 3.63) is 121 Å². The molecule has 0 aliphatic carbocycles. The molecule has 0 fully saturated rings. The van der Waals surface area contributed by atoms with Crippen LogP contribution in [0.1, 0.15) is 6.92 Å². The Hall–Kier alpha value is -5.09. The predicted molar refractivity (Wildman–Crippen MR) is 160 cm³/mol. The molecule has 39 heavy (non-hydrogen) atoms. The number of para-hydroxylation sites is 2. The molecule has 186 valence electrons. The van der Waals surface area contributed by atoms with Crippen LogP contribution in [0.5, 0.6) is 0 Å². The summed E-state index contributed by atoms with van der Waals surface area (Å²) in [7, 11) is 0. The van der Waals surface area contributed by atoms with Gasteiger partial charge in [-0.2, -0.15) is 0 Å². The first kappa shape index (κ1) is 21.9. The third kappa shape index (κ3) is 3.21. The number of furan rings is 1. The van der Waals surface area contributed by atoms with E-state index < -0.39 is 0 Å². The van der Waals surface area contributed by atoms with E-state index in [2.05, 4.69) is 119 Å². The average molecular weight is 504 g/mol. The Morgan fingerprint density at radius 1 is 0.641 bits per heavy atom. The van der Waals surface area contributed by atoms with E-state index in [1.807, 2.05) is 18.2 Å². The second-order valence-electron chi connectivity index (χ2n) is 9.90. The van der Waals surface area contributed by atoms with E-state index >= 15 is 0 Å². The van der Waals surface area contributed by atoms with Gasteiger partial charge in [0.15, 0.2) is 0 Å². The van der Waals surface area contributed by atoms with E-state index in [-0.39, 0.29) is 0 Å². The van der Waals surface area contributed by atoms with Gasteiger partial charge in [0.25, 0.3) is 0 Å². The van der Waals surface area contributed by atoms with Gasteiger partial charge >= 0.3 is 0 Å². The van der Waals surface area contributed by atoms with Crippen molar-refractivity contribution in [2.45, 2.75) is 13.5 Å². The summed E-state index contributed by atoms with van der Waals surface area (Å²) in [6, 6.07) is 42.2. The van der Waals surface area contributed by atoms with Gasteiger partial charge in [0.05, 0.1) is 28.0 Å². The highest BCUT2D eigenvalue weighted by molar-refractivity contribution is 6.28. The molecule has 0 saturated heterocycles. The highest BCUT2D eigenvalue weighted by atomic mass is 16.3. The van der Waals surface area contributed by atoms with Gasteiger partial charge < -0.3 is 8.98 Å². The first-order chi connectivity index (χ1) is 19.3. The van der Waals surface area contributed by atoms with Crippen LogP contribution in [-0.4, -0.2) is 14.1 Å². The summed E-state index contributed by atoms with van der Waals surface area (Å²) in [5, 5.41) is 4.76. The highest BCUT2D eigenvalue weighted by Gasteiger charge is 2.25. The van der Waals surface area contributed by atoms with Crippen molar-refractivity contribution in [3.63, 3.8) is 0 Å². The van der Waals surface area contributed by atoms with E-state index in [1.165, 1.54) is 16.3 Å². The number of hydrogen-bond acceptors (Lipinski definition) is 2. The van der Waals surface area contributed by atoms with Crippen molar-refractivity contribution >= 4 is 44.0 Å². The number of nitrogens with zero attached hydrogens (tertiary/aromatic N) is 3. The maximum atomic E-state index is 6.65. The molecule has 0 aliphatic heterocycles. The molecule has 0 N–H and O–H groups in total. The van der Waals surface area contributed by atoms with Gasteiger partial charge in [-0.05, 0) is 31.2 Å². The molecule has 0 atom stereocenters. The molecule has 4 aromatic heterocycles. The minimum Gasteiger partial charge on any atom is -0.439 e. The van der Waals surface area contributed by atoms with Crippen molar-refractivity contribution in [1.29, 1.82) is 0 Å². The fourth-order valence-electron chi connectivity index (χ4n) is 6.02. The number of hydrogen-bond donors (Lipinski definition) is 0. The Kier molecular flexibility index (Phi) is 4.76. The summed E-state index contributed by atoms with van der Waals surface area (Å²) in [5.41, 5.74) is 9.17. The minimum absolute atomic E-state index is 0.844. The van der Waals surface area contributed by atoms with Crippen molar-refractivity contribution in [2.24, 2.45) is 0 Å². The average Bonchev–Trinajstić information content (AvgIpc) is 3.63. The predicted octanol–water partition coefficient (Wildman–Crippen LogP) is 9.23. The number of aryl methyl sites for hydroxylation is 1. The van der Waals surface area contributed by atoms with Gasteiger partial charge in [-0.15, -0.1) is 0 Å². The summed E-state index contributed by atoms with van der Waals surface area (Å²) in [6.45, 7) is 3.05. The number of rotatable bonds is 4. The molecule has 0 aliphatic rings. The Morgan fingerprint density at radius 2 is 1.23 bits per heavy atom. The Labute approximate surface area is 225 Å². The lowest BCUT2D eigenvalue weighted by Gasteiger charge is -2.13. The van der Waals surface area contributed by atoms with Crippen molar-refractivity contribution < 1.29 is 4.42 Å². The van der Waals surface area contributed by atoms with Gasteiger partial charge in [-0.3, -0.25) is 4.57 Å². The maximum absolute atomic E-state index is 6.65. The molecule has 4 heteroatoms. The molecule has 4 aromatic carbocycles. The lowest BCUT2D eigenvalue weighted by atomic mass is 10.1. The molecule has 0 saturated carbocycles. The first-order valence-electron chi connectivity index (χ1n) is 13.4. The molecule has 8 rings (SSSR count). The lowest BCUT2D eigenvalue weighted by Crippen LogP contribution is -2.03. The Balaban J connectivity index is 1.56. The second-order valence-corrected chi connectivity index (χ2v) is 9.90. The van der Waals surface area contributed by atoms with Crippen molar-refractivity contribution in [3.8, 4) is 28.2 Å². The van der Waals surface area contributed by atoms with E-state index in [9.17, 15) is 0 Å². The quantitative estimate of drug-likeness (QED) is 0.240. The second kappa shape index (κ2) is 8.47. The van der Waals surface area contributed by atoms with E-state index in [0.29, 0.717) is 0 Å². The number of pyridine rings is 1. The third-order valence-corrected chi connectivity index (χ3v) is 7.71. The minimum atomic E-state index is 0.844. The zero-order chi connectivity index (χ0) is 25.9. The Morgan fingerprint density at radius 3 is 1.90 bits per heavy atom. The fourth-order valence-corrected chi connectivity index (χ4v) is 6.02. The topological polar surface area (TPSA) is 35.9 Å². The zero-order valence-corrected chi connectivity index (χ0v) is 21.5. The van der Waals surface area contributed by atoms with Gasteiger partial charge in [-0.25, -0.2) is 4.98 Å². The summed E-state index contributed by atoms with van der Waals surface area (Å²) in [6.07, 6.45) is 0. The normalized spacial score (nSPS) is 11.8. The van der Waals surface area contributed by atoms with Crippen LogP contribution < -0.4 is 0 Å². The van der Waals surface area contributed by atoms with Crippen LogP contribution in [0.4, 0.5) is 0 Å². The Bertz CT molecular complexity index is 2090. The molecule has 0 spiro atoms. The van der Waals surface area contributed by atoms with Crippen molar-refractivity contribution in [2.75, 3.05) is 0 Å². The summed E-state index contributed by atoms with van der Waals surface area (Å²) < 4.78 is 11.4. The van der Waals surface area contributed by atoms with Crippen LogP contribution in [0.3, 0.4) is 0 Å². The molecule has 0 bridgehead atoms. The van der Waals surface area contributed by atoms with E-state index in [0.717, 1.165) is 62.5 Å². The van der Waals surface area contributed by atoms with Crippen molar-refractivity contribution in [1.82, 2.24) is 14.1 Å². The summed E-state index contributed by atoms with van der Waals surface area (Å²) in [4.78, 5) is 5.12. The van der Waals surface area contributed by atoms with Crippen LogP contribution in [-0.2, 0) is 6.54 Å². The molecule has 4 nitrogen and oxygen atoms in total. The molecule has 0 unspecified atom stereocenters. The molecular weight excluding hydrogens is 478 g/mol. The highest BCUT2D eigenvalue weighted by Crippen LogP contribution is 2.44. The van der Waals surface area contributed by atoms with Crippen LogP contribution in [0, 0.1) is 0 Å². The summed E-state index contributed by atoms with van der Waals surface area (Å²) in [5.74, 6) is 0. The van der Waals surface area contributed by atoms with Gasteiger partial charge in [-0.1, -0.05) is 97.1 Å². The van der Waals surface area contributed by atoms with Crippen LogP contribution in [0.25, 0.3) is 72.2 Å². The fraction of sp³-hybridized carbons (Fsp3) is 0.0571. The molecular formula is C35H25N3O. The van der Waals surface area contributed by atoms with E-state index in [1.54, 1.807) is 0 Å². The SMILES string of the molecule is CCn1c2ccccc2c2c3c4ccccc4oc3n(-c3cc(-c4ccccc4)nc(-c4ccccc4)c3)c21. The van der Waals surface area contributed by atoms with Crippen LogP contribution >= 0.6 is 0 Å². The van der Waals surface area contributed by atoms with Gasteiger partial charge in [0.2, 0.25) is 5.71 Å². The van der Waals surface area contributed by atoms with Crippen LogP contribution in [0.15, 0.2) is 126 Å². The van der Waals surface area contributed by atoms with Gasteiger partial charge in [0, 0.05) is 33.8 Å². The van der Waals surface area contributed by atoms with Gasteiger partial charge in [0.1, 0.15) is 11.2 Å². The molecule has 0 amide bonds. The van der Waals surface area contributed by atoms with Crippen LogP contribution in [0.2, 0.25) is 0 Å². The maximum Gasteiger partial charge on any atom is 0.215 e. The molecule has 8 aromatic rings. The molecule has 0 radical (unpaired) electrons. The number of benzene rings is 4. The standard InChI is InChI=1S/C35H25N3O/c1-2-37-30-19-11-9-17-26(30)32-33-27-18-10-12-20-31(27)39-35(33)38(34(32)37)25-21-28(23-13-5-3-6-14-23)36-29(22-25)24-15-7-4-8-16-24/h3-22H,2H2,1H3. The number of fused-ring (bicyclic) bond motifs is 7. The first-order valence-corrected chi connectivity index (χ1v) is 13.4. The lowest BCUT2D eigenvalue weighted by molar-refractivity contribution is 0.642. The third-order valence-electron chi connectivity index (χ3n) is 7.71. The van der Waals surface area contributed by atoms with E-state index in [4.69, 9.17) is 9.40 Å². The summed E-state index contributed by atoms with van der Waals surface area (Å²) >= 11 is 0.